The van der Waals surface area contributed by atoms with Crippen molar-refractivity contribution in [2.45, 2.75) is 31.3 Å². The number of carbonyl (C=O) groups excluding carboxylic acids is 1. The highest BCUT2D eigenvalue weighted by Crippen LogP contribution is 2.52. The number of aromatic nitrogens is 1. The van der Waals surface area contributed by atoms with E-state index in [-0.39, 0.29) is 0 Å². The Labute approximate surface area is 94.3 Å². The summed E-state index contributed by atoms with van der Waals surface area (Å²) in [4.78, 5) is 15.4. The van der Waals surface area contributed by atoms with Crippen LogP contribution < -0.4 is 0 Å². The van der Waals surface area contributed by atoms with Crippen molar-refractivity contribution >= 4 is 5.97 Å². The van der Waals surface area contributed by atoms with Crippen LogP contribution in [0.25, 0.3) is 0 Å². The molecular formula is C12H15NO3. The summed E-state index contributed by atoms with van der Waals surface area (Å²) < 4.78 is 4.60. The first-order valence-corrected chi connectivity index (χ1v) is 5.29. The SMILES string of the molecule is COC(=O)C(O)C1(c2ccncc2C)CC1. The molecule has 1 aliphatic rings. The number of ether oxygens (including phenoxy) is 1. The number of hydrogen-bond donors (Lipinski definition) is 1. The van der Waals surface area contributed by atoms with Gasteiger partial charge in [-0.1, -0.05) is 0 Å². The Morgan fingerprint density at radius 3 is 2.81 bits per heavy atom. The molecule has 4 heteroatoms. The molecule has 1 aliphatic carbocycles. The lowest BCUT2D eigenvalue weighted by atomic mass is 9.88. The number of esters is 1. The van der Waals surface area contributed by atoms with Gasteiger partial charge in [0.2, 0.25) is 0 Å². The zero-order valence-corrected chi connectivity index (χ0v) is 9.43. The van der Waals surface area contributed by atoms with Gasteiger partial charge in [-0.2, -0.15) is 0 Å². The number of aliphatic hydroxyl groups is 1. The molecular weight excluding hydrogens is 206 g/mol. The van der Waals surface area contributed by atoms with Crippen LogP contribution in [-0.2, 0) is 14.9 Å². The second kappa shape index (κ2) is 3.87. The molecule has 0 aliphatic heterocycles. The molecule has 1 aromatic heterocycles. The van der Waals surface area contributed by atoms with Crippen LogP contribution in [0.1, 0.15) is 24.0 Å². The lowest BCUT2D eigenvalue weighted by Gasteiger charge is -2.22. The van der Waals surface area contributed by atoms with Crippen molar-refractivity contribution in [2.75, 3.05) is 7.11 Å². The van der Waals surface area contributed by atoms with Crippen LogP contribution in [0.15, 0.2) is 18.5 Å². The lowest BCUT2D eigenvalue weighted by molar-refractivity contribution is -0.152. The van der Waals surface area contributed by atoms with Gasteiger partial charge in [-0.3, -0.25) is 4.98 Å². The zero-order chi connectivity index (χ0) is 11.8. The van der Waals surface area contributed by atoms with Crippen molar-refractivity contribution in [2.24, 2.45) is 0 Å². The predicted octanol–water partition coefficient (Wildman–Crippen LogP) is 0.956. The Balaban J connectivity index is 2.33. The van der Waals surface area contributed by atoms with Crippen LogP contribution in [0.4, 0.5) is 0 Å². The van der Waals surface area contributed by atoms with Crippen LogP contribution in [0.2, 0.25) is 0 Å². The van der Waals surface area contributed by atoms with Gasteiger partial charge in [-0.25, -0.2) is 4.79 Å². The number of aryl methyl sites for hydroxylation is 1. The fraction of sp³-hybridized carbons (Fsp3) is 0.500. The van der Waals surface area contributed by atoms with Crippen molar-refractivity contribution in [1.29, 1.82) is 0 Å². The fourth-order valence-electron chi connectivity index (χ4n) is 2.19. The topological polar surface area (TPSA) is 59.4 Å². The smallest absolute Gasteiger partial charge is 0.335 e. The number of hydrogen-bond acceptors (Lipinski definition) is 4. The molecule has 1 fully saturated rings. The van der Waals surface area contributed by atoms with Crippen LogP contribution in [0.3, 0.4) is 0 Å². The molecule has 1 unspecified atom stereocenters. The Morgan fingerprint density at radius 2 is 2.31 bits per heavy atom. The molecule has 1 saturated carbocycles. The van der Waals surface area contributed by atoms with Gasteiger partial charge < -0.3 is 9.84 Å². The molecule has 0 bridgehead atoms. The lowest BCUT2D eigenvalue weighted by Crippen LogP contribution is -2.35. The number of methoxy groups -OCH3 is 1. The monoisotopic (exact) mass is 221 g/mol. The highest BCUT2D eigenvalue weighted by molar-refractivity contribution is 5.77. The van der Waals surface area contributed by atoms with Crippen LogP contribution in [-0.4, -0.2) is 29.3 Å². The quantitative estimate of drug-likeness (QED) is 0.772. The van der Waals surface area contributed by atoms with Crippen molar-refractivity contribution < 1.29 is 14.6 Å². The Morgan fingerprint density at radius 1 is 1.62 bits per heavy atom. The Hall–Kier alpha value is -1.42. The molecule has 0 saturated heterocycles. The first-order valence-electron chi connectivity index (χ1n) is 5.29. The van der Waals surface area contributed by atoms with E-state index in [2.05, 4.69) is 9.72 Å². The number of pyridine rings is 1. The summed E-state index contributed by atoms with van der Waals surface area (Å²) >= 11 is 0. The minimum absolute atomic E-state index is 0.444. The average molecular weight is 221 g/mol. The Kier molecular flexibility index (Phi) is 2.68. The number of aliphatic hydroxyl groups excluding tert-OH is 1. The normalized spacial score (nSPS) is 18.9. The largest absolute Gasteiger partial charge is 0.467 e. The van der Waals surface area contributed by atoms with E-state index < -0.39 is 17.5 Å². The van der Waals surface area contributed by atoms with Gasteiger partial charge in [0.15, 0.2) is 6.10 Å². The van der Waals surface area contributed by atoms with Crippen LogP contribution >= 0.6 is 0 Å². The summed E-state index contributed by atoms with van der Waals surface area (Å²) in [5, 5.41) is 9.99. The predicted molar refractivity (Wildman–Crippen MR) is 57.9 cm³/mol. The molecule has 1 aromatic rings. The molecule has 4 nitrogen and oxygen atoms in total. The maximum atomic E-state index is 11.4. The molecule has 0 radical (unpaired) electrons. The zero-order valence-electron chi connectivity index (χ0n) is 9.43. The van der Waals surface area contributed by atoms with E-state index in [0.29, 0.717) is 0 Å². The second-order valence-electron chi connectivity index (χ2n) is 4.27. The van der Waals surface area contributed by atoms with E-state index in [1.165, 1.54) is 7.11 Å². The molecule has 1 N–H and O–H groups in total. The van der Waals surface area contributed by atoms with Crippen molar-refractivity contribution in [3.8, 4) is 0 Å². The summed E-state index contributed by atoms with van der Waals surface area (Å²) in [6, 6.07) is 1.87. The maximum absolute atomic E-state index is 11.4. The molecule has 86 valence electrons. The first kappa shape index (κ1) is 11.1. The fourth-order valence-corrected chi connectivity index (χ4v) is 2.19. The Bertz CT molecular complexity index is 412. The van der Waals surface area contributed by atoms with Gasteiger partial charge in [-0.05, 0) is 37.0 Å². The van der Waals surface area contributed by atoms with E-state index in [1.54, 1.807) is 12.4 Å². The summed E-state index contributed by atoms with van der Waals surface area (Å²) in [5.41, 5.74) is 1.56. The second-order valence-corrected chi connectivity index (χ2v) is 4.27. The van der Waals surface area contributed by atoms with Gasteiger partial charge in [0, 0.05) is 17.8 Å². The summed E-state index contributed by atoms with van der Waals surface area (Å²) in [6.45, 7) is 1.94. The van der Waals surface area contributed by atoms with Crippen LogP contribution in [0, 0.1) is 6.92 Å². The first-order chi connectivity index (χ1) is 7.62. The summed E-state index contributed by atoms with van der Waals surface area (Å²) in [5.74, 6) is -0.561. The molecule has 0 amide bonds. The van der Waals surface area contributed by atoms with Gasteiger partial charge in [0.1, 0.15) is 0 Å². The van der Waals surface area contributed by atoms with Crippen molar-refractivity contribution in [3.05, 3.63) is 29.6 Å². The number of rotatable bonds is 3. The molecule has 1 atom stereocenters. The molecule has 2 rings (SSSR count). The van der Waals surface area contributed by atoms with Gasteiger partial charge in [-0.15, -0.1) is 0 Å². The third-order valence-corrected chi connectivity index (χ3v) is 3.29. The number of carbonyl (C=O) groups is 1. The third-order valence-electron chi connectivity index (χ3n) is 3.29. The van der Waals surface area contributed by atoms with E-state index >= 15 is 0 Å². The van der Waals surface area contributed by atoms with E-state index in [1.807, 2.05) is 13.0 Å². The van der Waals surface area contributed by atoms with E-state index in [4.69, 9.17) is 0 Å². The van der Waals surface area contributed by atoms with Crippen molar-refractivity contribution in [3.63, 3.8) is 0 Å². The maximum Gasteiger partial charge on any atom is 0.335 e. The van der Waals surface area contributed by atoms with Gasteiger partial charge >= 0.3 is 5.97 Å². The third kappa shape index (κ3) is 1.59. The van der Waals surface area contributed by atoms with Crippen LogP contribution in [0.5, 0.6) is 0 Å². The minimum Gasteiger partial charge on any atom is -0.467 e. The molecule has 0 spiro atoms. The molecule has 16 heavy (non-hydrogen) atoms. The van der Waals surface area contributed by atoms with Crippen molar-refractivity contribution in [1.82, 2.24) is 4.98 Å². The van der Waals surface area contributed by atoms with E-state index in [0.717, 1.165) is 24.0 Å². The molecule has 1 heterocycles. The highest BCUT2D eigenvalue weighted by atomic mass is 16.5. The van der Waals surface area contributed by atoms with Gasteiger partial charge in [0.05, 0.1) is 7.11 Å². The van der Waals surface area contributed by atoms with E-state index in [9.17, 15) is 9.90 Å². The average Bonchev–Trinajstić information content (AvgIpc) is 3.09. The minimum atomic E-state index is -1.07. The summed E-state index contributed by atoms with van der Waals surface area (Å²) in [7, 11) is 1.29. The number of nitrogens with zero attached hydrogens (tertiary/aromatic N) is 1. The highest BCUT2D eigenvalue weighted by Gasteiger charge is 2.54. The summed E-state index contributed by atoms with van der Waals surface area (Å²) in [6.07, 6.45) is 3.99. The molecule has 0 aromatic carbocycles. The van der Waals surface area contributed by atoms with Gasteiger partial charge in [0.25, 0.3) is 0 Å². The standard InChI is InChI=1S/C12H15NO3/c1-8-7-13-6-3-9(8)12(4-5-12)10(14)11(15)16-2/h3,6-7,10,14H,4-5H2,1-2H3.